The number of hydrogen-bond donors (Lipinski definition) is 1. The summed E-state index contributed by atoms with van der Waals surface area (Å²) in [7, 11) is 1.68. The van der Waals surface area contributed by atoms with Gasteiger partial charge in [-0.3, -0.25) is 4.68 Å². The van der Waals surface area contributed by atoms with Crippen molar-refractivity contribution in [3.63, 3.8) is 0 Å². The van der Waals surface area contributed by atoms with Gasteiger partial charge in [0.2, 0.25) is 0 Å². The summed E-state index contributed by atoms with van der Waals surface area (Å²) in [6.45, 7) is 7.62. The van der Waals surface area contributed by atoms with Crippen LogP contribution in [0.1, 0.15) is 32.4 Å². The first-order chi connectivity index (χ1) is 10.7. The van der Waals surface area contributed by atoms with Gasteiger partial charge in [0.15, 0.2) is 11.5 Å². The quantitative estimate of drug-likeness (QED) is 0.814. The molecule has 0 amide bonds. The van der Waals surface area contributed by atoms with Crippen LogP contribution in [0.15, 0.2) is 36.7 Å². The topological polar surface area (TPSA) is 48.3 Å². The second-order valence-electron chi connectivity index (χ2n) is 5.28. The standard InChI is InChI=1S/C17H25N3O2/c1-5-22-16-9-6-8-15(17(16)21-4)12-18-13(2)14(3)20-11-7-10-19-20/h6-11,13-14,18H,5,12H2,1-4H3/t13-,14-/m0/s1. The maximum Gasteiger partial charge on any atom is 0.165 e. The SMILES string of the molecule is CCOc1cccc(CN[C@@H](C)[C@H](C)n2cccn2)c1OC. The fourth-order valence-corrected chi connectivity index (χ4v) is 2.39. The highest BCUT2D eigenvalue weighted by Crippen LogP contribution is 2.31. The van der Waals surface area contributed by atoms with Crippen molar-refractivity contribution in [3.05, 3.63) is 42.2 Å². The molecule has 2 aromatic rings. The average molecular weight is 303 g/mol. The summed E-state index contributed by atoms with van der Waals surface area (Å²) in [6.07, 6.45) is 3.79. The number of nitrogens with one attached hydrogen (secondary N) is 1. The van der Waals surface area contributed by atoms with Gasteiger partial charge in [0.05, 0.1) is 19.8 Å². The van der Waals surface area contributed by atoms with E-state index in [4.69, 9.17) is 9.47 Å². The fourth-order valence-electron chi connectivity index (χ4n) is 2.39. The van der Waals surface area contributed by atoms with Crippen molar-refractivity contribution in [2.24, 2.45) is 0 Å². The summed E-state index contributed by atoms with van der Waals surface area (Å²) >= 11 is 0. The van der Waals surface area contributed by atoms with E-state index in [1.165, 1.54) is 0 Å². The Morgan fingerprint density at radius 1 is 1.27 bits per heavy atom. The lowest BCUT2D eigenvalue weighted by molar-refractivity contribution is 0.307. The van der Waals surface area contributed by atoms with E-state index in [1.54, 1.807) is 13.3 Å². The van der Waals surface area contributed by atoms with Crippen LogP contribution in [0.2, 0.25) is 0 Å². The molecule has 0 radical (unpaired) electrons. The number of rotatable bonds is 8. The smallest absolute Gasteiger partial charge is 0.165 e. The lowest BCUT2D eigenvalue weighted by Gasteiger charge is -2.22. The number of para-hydroxylation sites is 1. The van der Waals surface area contributed by atoms with Gasteiger partial charge in [0, 0.05) is 30.5 Å². The van der Waals surface area contributed by atoms with Crippen LogP contribution in [-0.2, 0) is 6.54 Å². The number of hydrogen-bond acceptors (Lipinski definition) is 4. The van der Waals surface area contributed by atoms with Crippen LogP contribution in [-0.4, -0.2) is 29.5 Å². The van der Waals surface area contributed by atoms with Gasteiger partial charge in [-0.1, -0.05) is 12.1 Å². The molecule has 0 fully saturated rings. The molecule has 0 bridgehead atoms. The van der Waals surface area contributed by atoms with Gasteiger partial charge in [0.1, 0.15) is 0 Å². The van der Waals surface area contributed by atoms with Crippen molar-refractivity contribution < 1.29 is 9.47 Å². The largest absolute Gasteiger partial charge is 0.493 e. The minimum atomic E-state index is 0.274. The van der Waals surface area contributed by atoms with Crippen LogP contribution in [0, 0.1) is 0 Å². The normalized spacial score (nSPS) is 13.6. The first-order valence-electron chi connectivity index (χ1n) is 7.68. The Hall–Kier alpha value is -2.01. The van der Waals surface area contributed by atoms with E-state index in [0.717, 1.165) is 23.6 Å². The molecular weight excluding hydrogens is 278 g/mol. The van der Waals surface area contributed by atoms with Gasteiger partial charge in [-0.15, -0.1) is 0 Å². The van der Waals surface area contributed by atoms with Crippen LogP contribution in [0.3, 0.4) is 0 Å². The maximum atomic E-state index is 5.61. The molecule has 0 saturated heterocycles. The molecule has 1 aromatic carbocycles. The van der Waals surface area contributed by atoms with Gasteiger partial charge >= 0.3 is 0 Å². The zero-order valence-corrected chi connectivity index (χ0v) is 13.7. The number of nitrogens with zero attached hydrogens (tertiary/aromatic N) is 2. The molecule has 120 valence electrons. The first-order valence-corrected chi connectivity index (χ1v) is 7.68. The lowest BCUT2D eigenvalue weighted by Crippen LogP contribution is -2.33. The molecule has 2 rings (SSSR count). The Morgan fingerprint density at radius 3 is 2.73 bits per heavy atom. The summed E-state index contributed by atoms with van der Waals surface area (Å²) in [5, 5.41) is 7.83. The highest BCUT2D eigenvalue weighted by molar-refractivity contribution is 5.46. The molecule has 1 N–H and O–H groups in total. The third kappa shape index (κ3) is 3.80. The first kappa shape index (κ1) is 16.4. The Kier molecular flexibility index (Phi) is 5.83. The minimum Gasteiger partial charge on any atom is -0.493 e. The Bertz CT molecular complexity index is 569. The molecule has 1 heterocycles. The Balaban J connectivity index is 2.03. The summed E-state index contributed by atoms with van der Waals surface area (Å²) < 4.78 is 13.1. The summed E-state index contributed by atoms with van der Waals surface area (Å²) in [4.78, 5) is 0. The van der Waals surface area contributed by atoms with Crippen molar-refractivity contribution in [2.75, 3.05) is 13.7 Å². The molecule has 5 heteroatoms. The molecule has 0 aliphatic carbocycles. The molecule has 0 saturated carbocycles. The van der Waals surface area contributed by atoms with E-state index in [0.29, 0.717) is 6.61 Å². The van der Waals surface area contributed by atoms with Crippen LogP contribution in [0.5, 0.6) is 11.5 Å². The number of methoxy groups -OCH3 is 1. The third-order valence-electron chi connectivity index (χ3n) is 3.84. The van der Waals surface area contributed by atoms with Crippen LogP contribution >= 0.6 is 0 Å². The highest BCUT2D eigenvalue weighted by Gasteiger charge is 2.15. The van der Waals surface area contributed by atoms with Gasteiger partial charge in [-0.25, -0.2) is 0 Å². The summed E-state index contributed by atoms with van der Waals surface area (Å²) in [6, 6.07) is 8.47. The minimum absolute atomic E-state index is 0.274. The molecule has 5 nitrogen and oxygen atoms in total. The Labute approximate surface area is 132 Å². The summed E-state index contributed by atoms with van der Waals surface area (Å²) in [5.41, 5.74) is 1.09. The molecule has 0 spiro atoms. The molecule has 2 atom stereocenters. The van der Waals surface area contributed by atoms with Gasteiger partial charge in [-0.05, 0) is 32.9 Å². The number of benzene rings is 1. The van der Waals surface area contributed by atoms with E-state index >= 15 is 0 Å². The van der Waals surface area contributed by atoms with Crippen LogP contribution in [0.25, 0.3) is 0 Å². The average Bonchev–Trinajstić information content (AvgIpc) is 3.06. The highest BCUT2D eigenvalue weighted by atomic mass is 16.5. The molecule has 22 heavy (non-hydrogen) atoms. The second-order valence-corrected chi connectivity index (χ2v) is 5.28. The molecule has 0 unspecified atom stereocenters. The second kappa shape index (κ2) is 7.84. The predicted molar refractivity (Wildman–Crippen MR) is 87.4 cm³/mol. The van der Waals surface area contributed by atoms with Gasteiger partial charge in [-0.2, -0.15) is 5.10 Å². The molecule has 1 aromatic heterocycles. The maximum absolute atomic E-state index is 5.61. The molecule has 0 aliphatic heterocycles. The van der Waals surface area contributed by atoms with Crippen LogP contribution < -0.4 is 14.8 Å². The van der Waals surface area contributed by atoms with E-state index in [-0.39, 0.29) is 12.1 Å². The number of aromatic nitrogens is 2. The zero-order chi connectivity index (χ0) is 15.9. The monoisotopic (exact) mass is 303 g/mol. The Morgan fingerprint density at radius 2 is 2.09 bits per heavy atom. The van der Waals surface area contributed by atoms with E-state index in [1.807, 2.05) is 36.0 Å². The third-order valence-corrected chi connectivity index (χ3v) is 3.84. The predicted octanol–water partition coefficient (Wildman–Crippen LogP) is 3.03. The van der Waals surface area contributed by atoms with Crippen molar-refractivity contribution in [3.8, 4) is 11.5 Å². The van der Waals surface area contributed by atoms with Crippen molar-refractivity contribution in [2.45, 2.75) is 39.4 Å². The lowest BCUT2D eigenvalue weighted by atomic mass is 10.1. The van der Waals surface area contributed by atoms with Gasteiger partial charge < -0.3 is 14.8 Å². The van der Waals surface area contributed by atoms with Crippen LogP contribution in [0.4, 0.5) is 0 Å². The summed E-state index contributed by atoms with van der Waals surface area (Å²) in [5.74, 6) is 1.59. The van der Waals surface area contributed by atoms with E-state index < -0.39 is 0 Å². The molecule has 0 aliphatic rings. The van der Waals surface area contributed by atoms with Crippen molar-refractivity contribution >= 4 is 0 Å². The van der Waals surface area contributed by atoms with Crippen molar-refractivity contribution in [1.82, 2.24) is 15.1 Å². The zero-order valence-electron chi connectivity index (χ0n) is 13.7. The molecular formula is C17H25N3O2. The van der Waals surface area contributed by atoms with E-state index in [2.05, 4.69) is 30.3 Å². The van der Waals surface area contributed by atoms with Gasteiger partial charge in [0.25, 0.3) is 0 Å². The fraction of sp³-hybridized carbons (Fsp3) is 0.471. The van der Waals surface area contributed by atoms with Crippen molar-refractivity contribution in [1.29, 1.82) is 0 Å². The number of ether oxygens (including phenoxy) is 2. The van der Waals surface area contributed by atoms with E-state index in [9.17, 15) is 0 Å².